The van der Waals surface area contributed by atoms with Crippen LogP contribution in [0.5, 0.6) is 0 Å². The number of anilines is 1. The number of hydrogen-bond donors (Lipinski definition) is 2. The van der Waals surface area contributed by atoms with Gasteiger partial charge in [-0.15, -0.1) is 48.6 Å². The average molecular weight is 497 g/mol. The fraction of sp³-hybridized carbons (Fsp3) is 0.353. The van der Waals surface area contributed by atoms with Gasteiger partial charge in [0, 0.05) is 25.3 Å². The summed E-state index contributed by atoms with van der Waals surface area (Å²) < 4.78 is 14.1. The van der Waals surface area contributed by atoms with E-state index in [0.717, 1.165) is 11.2 Å². The number of pyridine rings is 1. The van der Waals surface area contributed by atoms with Crippen LogP contribution in [0.2, 0.25) is 0 Å². The van der Waals surface area contributed by atoms with Gasteiger partial charge in [-0.2, -0.15) is 4.98 Å². The molecule has 4 rings (SSSR count). The largest absolute Gasteiger partial charge is 0.348 e. The molecule has 0 spiro atoms. The number of rotatable bonds is 4. The summed E-state index contributed by atoms with van der Waals surface area (Å²) in [5.74, 6) is -0.341. The van der Waals surface area contributed by atoms with Crippen LogP contribution in [0.4, 0.5) is 10.3 Å². The van der Waals surface area contributed by atoms with Crippen molar-refractivity contribution >= 4 is 70.8 Å². The number of amides is 1. The Labute approximate surface area is 195 Å². The van der Waals surface area contributed by atoms with Gasteiger partial charge in [0.2, 0.25) is 5.95 Å². The SMILES string of the molecule is Cc1nc2nc(N[C@@H](C)c3cncc(F)c3)nc(C(=O)N3CC(N)C3)c2s1.Cl.Cl.Cl. The summed E-state index contributed by atoms with van der Waals surface area (Å²) in [7, 11) is 0. The first-order valence-electron chi connectivity index (χ1n) is 8.47. The lowest BCUT2D eigenvalue weighted by Crippen LogP contribution is -2.58. The maximum absolute atomic E-state index is 13.4. The second kappa shape index (κ2) is 10.5. The van der Waals surface area contributed by atoms with Crippen LogP contribution in [0.15, 0.2) is 18.5 Å². The van der Waals surface area contributed by atoms with Crippen molar-refractivity contribution in [3.8, 4) is 0 Å². The van der Waals surface area contributed by atoms with Crippen molar-refractivity contribution in [2.45, 2.75) is 25.9 Å². The van der Waals surface area contributed by atoms with Crippen LogP contribution in [-0.4, -0.2) is 49.9 Å². The van der Waals surface area contributed by atoms with Crippen molar-refractivity contribution in [1.82, 2.24) is 24.8 Å². The van der Waals surface area contributed by atoms with Gasteiger partial charge in [-0.3, -0.25) is 9.78 Å². The highest BCUT2D eigenvalue weighted by molar-refractivity contribution is 7.18. The number of carbonyl (C=O) groups excluding carboxylic acids is 1. The molecule has 1 aliphatic rings. The van der Waals surface area contributed by atoms with E-state index in [1.54, 1.807) is 11.1 Å². The highest BCUT2D eigenvalue weighted by Crippen LogP contribution is 2.27. The summed E-state index contributed by atoms with van der Waals surface area (Å²) >= 11 is 1.38. The number of nitrogens with one attached hydrogen (secondary N) is 1. The third-order valence-corrected chi connectivity index (χ3v) is 5.30. The van der Waals surface area contributed by atoms with Crippen molar-refractivity contribution in [3.05, 3.63) is 40.5 Å². The first kappa shape index (κ1) is 26.2. The van der Waals surface area contributed by atoms with Crippen molar-refractivity contribution in [1.29, 1.82) is 0 Å². The summed E-state index contributed by atoms with van der Waals surface area (Å²) in [5, 5.41) is 3.91. The smallest absolute Gasteiger partial charge is 0.274 e. The van der Waals surface area contributed by atoms with E-state index < -0.39 is 5.82 Å². The number of aromatic nitrogens is 4. The zero-order chi connectivity index (χ0) is 19.1. The molecule has 3 N–H and O–H groups in total. The van der Waals surface area contributed by atoms with E-state index in [1.165, 1.54) is 17.4 Å². The second-order valence-electron chi connectivity index (χ2n) is 6.55. The first-order valence-corrected chi connectivity index (χ1v) is 9.29. The molecule has 164 valence electrons. The van der Waals surface area contributed by atoms with Crippen LogP contribution in [-0.2, 0) is 0 Å². The van der Waals surface area contributed by atoms with E-state index in [0.29, 0.717) is 34.7 Å². The first-order chi connectivity index (χ1) is 12.9. The lowest BCUT2D eigenvalue weighted by molar-refractivity contribution is 0.0604. The number of aryl methyl sites for hydroxylation is 1. The number of nitrogens with two attached hydrogens (primary N) is 1. The Balaban J connectivity index is 0.00000150. The zero-order valence-electron chi connectivity index (χ0n) is 16.0. The molecule has 0 unspecified atom stereocenters. The molecule has 3 aromatic heterocycles. The number of likely N-dealkylation sites (tertiary alicyclic amines) is 1. The number of hydrogen-bond acceptors (Lipinski definition) is 8. The maximum atomic E-state index is 13.4. The Morgan fingerprint density at radius 3 is 2.60 bits per heavy atom. The Bertz CT molecular complexity index is 1030. The van der Waals surface area contributed by atoms with Gasteiger partial charge in [0.1, 0.15) is 10.5 Å². The molecule has 3 aromatic rings. The molecule has 13 heteroatoms. The molecule has 1 aliphatic heterocycles. The van der Waals surface area contributed by atoms with Crippen LogP contribution in [0, 0.1) is 12.7 Å². The van der Waals surface area contributed by atoms with E-state index >= 15 is 0 Å². The van der Waals surface area contributed by atoms with Crippen LogP contribution >= 0.6 is 48.6 Å². The lowest BCUT2D eigenvalue weighted by atomic mass is 10.1. The van der Waals surface area contributed by atoms with Crippen LogP contribution in [0.25, 0.3) is 10.3 Å². The third-order valence-electron chi connectivity index (χ3n) is 4.33. The summed E-state index contributed by atoms with van der Waals surface area (Å²) in [6, 6.07) is 1.10. The molecule has 0 saturated carbocycles. The molecule has 8 nitrogen and oxygen atoms in total. The van der Waals surface area contributed by atoms with E-state index in [9.17, 15) is 9.18 Å². The van der Waals surface area contributed by atoms with Gasteiger partial charge in [0.25, 0.3) is 5.91 Å². The molecule has 0 aliphatic carbocycles. The van der Waals surface area contributed by atoms with Crippen LogP contribution in [0.1, 0.15) is 34.0 Å². The van der Waals surface area contributed by atoms with Crippen molar-refractivity contribution in [2.24, 2.45) is 5.73 Å². The second-order valence-corrected chi connectivity index (χ2v) is 7.76. The standard InChI is InChI=1S/C17H18FN7OS.3ClH/c1-8(10-3-11(18)5-20-4-10)21-17-23-13(16(26)25-6-12(19)7-25)14-15(24-17)22-9(2)27-14;;;/h3-5,8,12H,6-7,19H2,1-2H3,(H,21,23,24);3*1H/t8-;;;/m0.../s1. The zero-order valence-corrected chi connectivity index (χ0v) is 19.3. The Morgan fingerprint density at radius 1 is 1.27 bits per heavy atom. The van der Waals surface area contributed by atoms with Crippen LogP contribution in [0.3, 0.4) is 0 Å². The quantitative estimate of drug-likeness (QED) is 0.571. The molecule has 1 amide bonds. The normalized spacial score (nSPS) is 14.1. The van der Waals surface area contributed by atoms with E-state index in [2.05, 4.69) is 25.3 Å². The van der Waals surface area contributed by atoms with Gasteiger partial charge in [-0.05, 0) is 25.5 Å². The Morgan fingerprint density at radius 2 is 1.97 bits per heavy atom. The maximum Gasteiger partial charge on any atom is 0.274 e. The van der Waals surface area contributed by atoms with Crippen molar-refractivity contribution in [3.63, 3.8) is 0 Å². The Kier molecular flexibility index (Phi) is 9.12. The highest BCUT2D eigenvalue weighted by Gasteiger charge is 2.31. The van der Waals surface area contributed by atoms with E-state index in [1.807, 2.05) is 13.8 Å². The lowest BCUT2D eigenvalue weighted by Gasteiger charge is -2.36. The monoisotopic (exact) mass is 495 g/mol. The molecule has 0 aromatic carbocycles. The van der Waals surface area contributed by atoms with Gasteiger partial charge in [0.15, 0.2) is 11.3 Å². The fourth-order valence-corrected chi connectivity index (χ4v) is 3.75. The molecule has 1 saturated heterocycles. The topological polar surface area (TPSA) is 110 Å². The van der Waals surface area contributed by atoms with E-state index in [4.69, 9.17) is 5.73 Å². The predicted molar refractivity (Wildman–Crippen MR) is 122 cm³/mol. The van der Waals surface area contributed by atoms with Gasteiger partial charge in [0.05, 0.1) is 17.2 Å². The number of thiazole rings is 1. The molecule has 0 radical (unpaired) electrons. The van der Waals surface area contributed by atoms with Crippen LogP contribution < -0.4 is 11.1 Å². The molecule has 1 atom stereocenters. The molecule has 30 heavy (non-hydrogen) atoms. The van der Waals surface area contributed by atoms with Crippen molar-refractivity contribution in [2.75, 3.05) is 18.4 Å². The minimum Gasteiger partial charge on any atom is -0.348 e. The number of halogens is 4. The molecular formula is C17H21Cl3FN7OS. The Hall–Kier alpha value is -1.85. The van der Waals surface area contributed by atoms with E-state index in [-0.39, 0.29) is 61.2 Å². The van der Waals surface area contributed by atoms with Crippen molar-refractivity contribution < 1.29 is 9.18 Å². The van der Waals surface area contributed by atoms with Gasteiger partial charge < -0.3 is 16.0 Å². The predicted octanol–water partition coefficient (Wildman–Crippen LogP) is 3.15. The van der Waals surface area contributed by atoms with Gasteiger partial charge in [-0.1, -0.05) is 0 Å². The molecule has 1 fully saturated rings. The minimum absolute atomic E-state index is 0. The number of fused-ring (bicyclic) bond motifs is 1. The summed E-state index contributed by atoms with van der Waals surface area (Å²) in [6.07, 6.45) is 2.71. The number of nitrogens with zero attached hydrogens (tertiary/aromatic N) is 5. The summed E-state index contributed by atoms with van der Waals surface area (Å²) in [5.41, 5.74) is 7.21. The number of carbonyl (C=O) groups is 1. The highest BCUT2D eigenvalue weighted by atomic mass is 35.5. The van der Waals surface area contributed by atoms with Gasteiger partial charge in [-0.25, -0.2) is 14.4 Å². The average Bonchev–Trinajstić information content (AvgIpc) is 2.97. The minimum atomic E-state index is -0.419. The van der Waals surface area contributed by atoms with Gasteiger partial charge >= 0.3 is 0 Å². The summed E-state index contributed by atoms with van der Waals surface area (Å²) in [4.78, 5) is 31.6. The molecule has 0 bridgehead atoms. The summed E-state index contributed by atoms with van der Waals surface area (Å²) in [6.45, 7) is 4.72. The fourth-order valence-electron chi connectivity index (χ4n) is 2.91. The molecular weight excluding hydrogens is 476 g/mol. The molecule has 4 heterocycles. The third kappa shape index (κ3) is 5.25.